The minimum atomic E-state index is -0.396. The number of halogens is 1. The van der Waals surface area contributed by atoms with E-state index < -0.39 is 15.7 Å². The number of anilines is 2. The summed E-state index contributed by atoms with van der Waals surface area (Å²) in [6, 6.07) is 9.12. The van der Waals surface area contributed by atoms with Gasteiger partial charge in [-0.3, -0.25) is 0 Å². The third-order valence-corrected chi connectivity index (χ3v) is 8.25. The third kappa shape index (κ3) is 10.3. The number of hydrogen-bond donors (Lipinski definition) is 1. The summed E-state index contributed by atoms with van der Waals surface area (Å²) in [6.45, 7) is 17.6. The van der Waals surface area contributed by atoms with Crippen molar-refractivity contribution in [3.8, 4) is 0 Å². The molecule has 1 saturated carbocycles. The fourth-order valence-corrected chi connectivity index (χ4v) is 6.32. The number of nitrogens with zero attached hydrogens (tertiary/aromatic N) is 3. The molecule has 1 atom stereocenters. The van der Waals surface area contributed by atoms with Crippen molar-refractivity contribution in [2.75, 3.05) is 22.9 Å². The van der Waals surface area contributed by atoms with Crippen molar-refractivity contribution in [2.24, 2.45) is 0 Å². The van der Waals surface area contributed by atoms with Gasteiger partial charge in [-0.2, -0.15) is 6.67 Å². The Hall–Kier alpha value is -1.48. The van der Waals surface area contributed by atoms with Crippen molar-refractivity contribution in [1.29, 1.82) is 0 Å². The average molecular weight is 633 g/mol. The molecule has 0 spiro atoms. The maximum atomic E-state index is 9.54. The van der Waals surface area contributed by atoms with E-state index in [-0.39, 0.29) is 4.90 Å². The van der Waals surface area contributed by atoms with E-state index in [1.54, 1.807) is 0 Å². The third-order valence-electron chi connectivity index (χ3n) is 6.58. The maximum absolute atomic E-state index is 9.54. The Morgan fingerprint density at radius 1 is 0.892 bits per heavy atom. The number of hydrogen-bond acceptors (Lipinski definition) is 4. The van der Waals surface area contributed by atoms with E-state index in [0.717, 1.165) is 25.0 Å². The van der Waals surface area contributed by atoms with Crippen LogP contribution in [0.15, 0.2) is 24.3 Å². The number of aryl methyl sites for hydroxylation is 6. The Labute approximate surface area is 237 Å². The van der Waals surface area contributed by atoms with Crippen LogP contribution in [0.4, 0.5) is 11.4 Å². The van der Waals surface area contributed by atoms with Gasteiger partial charge in [-0.15, -0.1) is 9.24 Å². The van der Waals surface area contributed by atoms with Crippen LogP contribution in [0.3, 0.4) is 0 Å². The van der Waals surface area contributed by atoms with Crippen LogP contribution in [-0.2, 0) is 15.7 Å². The van der Waals surface area contributed by atoms with Gasteiger partial charge in [-0.05, 0) is 82.3 Å². The topological polar surface area (TPSA) is 52.8 Å². The van der Waals surface area contributed by atoms with E-state index in [0.29, 0.717) is 0 Å². The van der Waals surface area contributed by atoms with Crippen LogP contribution < -0.4 is 9.80 Å². The first-order chi connectivity index (χ1) is 17.5. The molecule has 1 heterocycles. The monoisotopic (exact) mass is 633 g/mol. The Kier molecular flexibility index (Phi) is 13.6. The standard InChI is InChI=1S/C21H27N2.C6H13P.C2H3NO2.ClH.Ru/c1-14-9-16(3)20(17(4)10-14)22-7-8-23(13-22)21-18(5)11-15(2)12-19(21)6;7-6-4-2-1-3-5-6;1-2-3(4)5;;/h9-13H,7-8H2,1-6H3;6H,1-5,7H2;1-2H,(H,4,5);1H;/q-1;;;;+1/p-1. The summed E-state index contributed by atoms with van der Waals surface area (Å²) in [5.41, 5.74) is 11.8. The predicted octanol–water partition coefficient (Wildman–Crippen LogP) is 7.17. The van der Waals surface area contributed by atoms with E-state index in [1.165, 1.54) is 81.5 Å². The Balaban J connectivity index is 0.000000281. The number of benzene rings is 2. The van der Waals surface area contributed by atoms with Gasteiger partial charge in [-0.25, -0.2) is 0 Å². The SMILES string of the molecule is Cc1cc(C)c(N2[CH-]N(c3c(C)cc(C)cc3C)CC2)c(C)c1.PC1CCCCC1.[O-][N+](O)=C[CH]=[Ru][Cl]. The molecule has 37 heavy (non-hydrogen) atoms. The van der Waals surface area contributed by atoms with E-state index in [2.05, 4.69) is 91.5 Å². The molecule has 1 saturated heterocycles. The quantitative estimate of drug-likeness (QED) is 0.0741. The van der Waals surface area contributed by atoms with Crippen LogP contribution in [0.2, 0.25) is 0 Å². The van der Waals surface area contributed by atoms with Crippen molar-refractivity contribution in [3.63, 3.8) is 0 Å². The molecule has 8 heteroatoms. The summed E-state index contributed by atoms with van der Waals surface area (Å²) in [5.74, 6) is 0. The van der Waals surface area contributed by atoms with Gasteiger partial charge < -0.3 is 9.80 Å². The van der Waals surface area contributed by atoms with Crippen LogP contribution in [0.5, 0.6) is 0 Å². The van der Waals surface area contributed by atoms with Gasteiger partial charge in [-0.1, -0.05) is 54.7 Å². The van der Waals surface area contributed by atoms with Crippen molar-refractivity contribution < 1.29 is 25.8 Å². The van der Waals surface area contributed by atoms with Gasteiger partial charge in [0.2, 0.25) is 0 Å². The summed E-state index contributed by atoms with van der Waals surface area (Å²) < 4.78 is 1.42. The van der Waals surface area contributed by atoms with E-state index in [1.807, 2.05) is 0 Å². The van der Waals surface area contributed by atoms with Crippen LogP contribution in [0, 0.1) is 53.4 Å². The van der Waals surface area contributed by atoms with Crippen LogP contribution >= 0.6 is 18.9 Å². The van der Waals surface area contributed by atoms with E-state index >= 15 is 0 Å². The summed E-state index contributed by atoms with van der Waals surface area (Å²) in [7, 11) is 8.08. The molecule has 0 radical (unpaired) electrons. The molecular weight excluding hydrogens is 590 g/mol. The summed E-state index contributed by atoms with van der Waals surface area (Å²) in [6.07, 6.45) is 8.27. The van der Waals surface area contributed by atoms with Gasteiger partial charge in [0.15, 0.2) is 0 Å². The summed E-state index contributed by atoms with van der Waals surface area (Å²) >= 11 is -0.396. The Bertz CT molecular complexity index is 973. The molecule has 1 unspecified atom stereocenters. The average Bonchev–Trinajstić information content (AvgIpc) is 3.26. The zero-order chi connectivity index (χ0) is 27.5. The van der Waals surface area contributed by atoms with Gasteiger partial charge >= 0.3 is 51.5 Å². The molecule has 1 aliphatic heterocycles. The molecule has 2 aromatic rings. The Morgan fingerprint density at radius 3 is 1.57 bits per heavy atom. The van der Waals surface area contributed by atoms with Crippen LogP contribution in [0.1, 0.15) is 65.5 Å². The number of rotatable bonds is 3. The van der Waals surface area contributed by atoms with Gasteiger partial charge in [0.1, 0.15) is 0 Å². The molecule has 5 nitrogen and oxygen atoms in total. The first-order valence-electron chi connectivity index (χ1n) is 12.9. The molecule has 1 N–H and O–H groups in total. The zero-order valence-corrected chi connectivity index (χ0v) is 26.7. The molecule has 0 aromatic heterocycles. The molecule has 0 amide bonds. The molecule has 2 aliphatic rings. The molecule has 4 rings (SSSR count). The Morgan fingerprint density at radius 2 is 1.30 bits per heavy atom. The second-order valence-electron chi connectivity index (χ2n) is 10.0. The van der Waals surface area contributed by atoms with Gasteiger partial charge in [0.25, 0.3) is 0 Å². The molecule has 1 aliphatic carbocycles. The van der Waals surface area contributed by atoms with Crippen LogP contribution in [-0.4, -0.2) is 39.7 Å². The normalized spacial score (nSPS) is 16.6. The first kappa shape index (κ1) is 31.7. The van der Waals surface area contributed by atoms with Gasteiger partial charge in [0.05, 0.1) is 0 Å². The van der Waals surface area contributed by atoms with Crippen molar-refractivity contribution in [1.82, 2.24) is 0 Å². The molecule has 0 bridgehead atoms. The fraction of sp³-hybridized carbons (Fsp3) is 0.483. The van der Waals surface area contributed by atoms with E-state index in [4.69, 9.17) is 14.9 Å². The first-order valence-corrected chi connectivity index (χ1v) is 16.8. The minimum absolute atomic E-state index is 0.281. The summed E-state index contributed by atoms with van der Waals surface area (Å²) in [4.78, 5) is 4.53. The summed E-state index contributed by atoms with van der Waals surface area (Å²) in [5, 5.41) is 17.4. The zero-order valence-electron chi connectivity index (χ0n) is 23.1. The molecule has 2 fully saturated rings. The fourth-order valence-electron chi connectivity index (χ4n) is 5.29. The molecule has 2 aromatic carbocycles. The van der Waals surface area contributed by atoms with Crippen molar-refractivity contribution in [2.45, 2.75) is 79.3 Å². The van der Waals surface area contributed by atoms with Crippen molar-refractivity contribution >= 4 is 41.1 Å². The van der Waals surface area contributed by atoms with Crippen LogP contribution in [0.25, 0.3) is 0 Å². The molecule has 207 valence electrons. The van der Waals surface area contributed by atoms with Gasteiger partial charge in [0, 0.05) is 24.5 Å². The van der Waals surface area contributed by atoms with E-state index in [9.17, 15) is 5.21 Å². The second-order valence-corrected chi connectivity index (χ2v) is 12.9. The molecular formula is C29H43ClN3O2PRu-. The predicted molar refractivity (Wildman–Crippen MR) is 160 cm³/mol. The van der Waals surface area contributed by atoms with Crippen molar-refractivity contribution in [3.05, 3.63) is 69.5 Å². The second kappa shape index (κ2) is 15.8.